The second-order valence-electron chi connectivity index (χ2n) is 7.30. The zero-order valence-corrected chi connectivity index (χ0v) is 19.6. The van der Waals surface area contributed by atoms with E-state index < -0.39 is 11.2 Å². The van der Waals surface area contributed by atoms with Gasteiger partial charge >= 0.3 is 5.69 Å². The van der Waals surface area contributed by atoms with E-state index in [9.17, 15) is 14.7 Å². The van der Waals surface area contributed by atoms with Gasteiger partial charge in [-0.05, 0) is 31.3 Å². The number of aromatic nitrogens is 2. The Morgan fingerprint density at radius 3 is 2.84 bits per heavy atom. The molecule has 0 aliphatic carbocycles. The Bertz CT molecular complexity index is 1130. The summed E-state index contributed by atoms with van der Waals surface area (Å²) in [5.74, 6) is 0.682. The van der Waals surface area contributed by atoms with Crippen molar-refractivity contribution in [2.24, 2.45) is 17.0 Å². The van der Waals surface area contributed by atoms with Crippen LogP contribution in [0, 0.1) is 0 Å². The van der Waals surface area contributed by atoms with Gasteiger partial charge in [0, 0.05) is 30.5 Å². The fourth-order valence-corrected chi connectivity index (χ4v) is 4.48. The normalized spacial score (nSPS) is 15.5. The van der Waals surface area contributed by atoms with Crippen LogP contribution in [0.4, 0.5) is 11.5 Å². The minimum absolute atomic E-state index is 0.00423. The topological polar surface area (TPSA) is 101 Å². The molecule has 9 nitrogen and oxygen atoms in total. The van der Waals surface area contributed by atoms with E-state index in [0.717, 1.165) is 9.61 Å². The van der Waals surface area contributed by atoms with E-state index in [1.807, 2.05) is 0 Å². The number of halogens is 1. The molecule has 0 radical (unpaired) electrons. The molecule has 1 aromatic heterocycles. The first-order chi connectivity index (χ1) is 15.3. The first-order valence-corrected chi connectivity index (χ1v) is 11.4. The maximum absolute atomic E-state index is 13.4. The number of ether oxygens (including phenoxy) is 1. The Balaban J connectivity index is 2.05. The number of aliphatic imine (C=N–C) groups is 2. The molecule has 0 spiro atoms. The van der Waals surface area contributed by atoms with Crippen molar-refractivity contribution >= 4 is 46.6 Å². The zero-order chi connectivity index (χ0) is 23.3. The molecule has 3 rings (SSSR count). The highest BCUT2D eigenvalue weighted by atomic mass is 35.5. The van der Waals surface area contributed by atoms with Gasteiger partial charge in [0.2, 0.25) is 0 Å². The van der Waals surface area contributed by atoms with Crippen LogP contribution in [0.25, 0.3) is 0 Å². The summed E-state index contributed by atoms with van der Waals surface area (Å²) in [5, 5.41) is 10.9. The predicted molar refractivity (Wildman–Crippen MR) is 131 cm³/mol. The minimum Gasteiger partial charge on any atom is -0.473 e. The third-order valence-corrected chi connectivity index (χ3v) is 6.19. The molecular weight excluding hydrogens is 454 g/mol. The maximum atomic E-state index is 13.4. The molecule has 1 unspecified atom stereocenters. The average Bonchev–Trinajstić information content (AvgIpc) is 3.18. The summed E-state index contributed by atoms with van der Waals surface area (Å²) in [6.07, 6.45) is 0.272. The smallest absolute Gasteiger partial charge is 0.332 e. The highest BCUT2D eigenvalue weighted by molar-refractivity contribution is 8.14. The van der Waals surface area contributed by atoms with Gasteiger partial charge in [-0.25, -0.2) is 9.79 Å². The Labute approximate surface area is 195 Å². The molecular formula is C21H26ClN5O4S. The minimum atomic E-state index is -0.522. The second kappa shape index (κ2) is 10.8. The van der Waals surface area contributed by atoms with Crippen molar-refractivity contribution in [3.05, 3.63) is 50.1 Å². The van der Waals surface area contributed by atoms with Crippen LogP contribution in [-0.2, 0) is 13.6 Å². The number of thioether (sulfide) groups is 1. The Morgan fingerprint density at radius 2 is 2.22 bits per heavy atom. The molecule has 1 aliphatic heterocycles. The van der Waals surface area contributed by atoms with Gasteiger partial charge in [0.05, 0.1) is 18.1 Å². The Hall–Kier alpha value is -2.56. The molecule has 32 heavy (non-hydrogen) atoms. The number of aliphatic hydroxyl groups is 1. The summed E-state index contributed by atoms with van der Waals surface area (Å²) in [7, 11) is 1.53. The van der Waals surface area contributed by atoms with Crippen LogP contribution in [0.1, 0.15) is 13.3 Å². The van der Waals surface area contributed by atoms with Crippen molar-refractivity contribution in [1.29, 1.82) is 0 Å². The van der Waals surface area contributed by atoms with Crippen LogP contribution in [-0.4, -0.2) is 57.7 Å². The molecule has 0 fully saturated rings. The predicted octanol–water partition coefficient (Wildman–Crippen LogP) is 2.29. The van der Waals surface area contributed by atoms with Crippen molar-refractivity contribution in [2.75, 3.05) is 31.3 Å². The van der Waals surface area contributed by atoms with Crippen molar-refractivity contribution in [3.63, 3.8) is 0 Å². The van der Waals surface area contributed by atoms with Gasteiger partial charge in [-0.2, -0.15) is 0 Å². The van der Waals surface area contributed by atoms with E-state index in [1.54, 1.807) is 40.9 Å². The highest BCUT2D eigenvalue weighted by Crippen LogP contribution is 2.27. The lowest BCUT2D eigenvalue weighted by Crippen LogP contribution is -2.45. The van der Waals surface area contributed by atoms with Crippen LogP contribution in [0.3, 0.4) is 0 Å². The van der Waals surface area contributed by atoms with Gasteiger partial charge < -0.3 is 14.7 Å². The molecule has 0 amide bonds. The van der Waals surface area contributed by atoms with E-state index in [4.69, 9.17) is 16.3 Å². The van der Waals surface area contributed by atoms with Gasteiger partial charge in [-0.3, -0.25) is 18.9 Å². The first kappa shape index (κ1) is 24.1. The van der Waals surface area contributed by atoms with E-state index in [1.165, 1.54) is 11.6 Å². The Kier molecular flexibility index (Phi) is 8.16. The van der Waals surface area contributed by atoms with Crippen molar-refractivity contribution in [2.45, 2.75) is 25.1 Å². The number of rotatable bonds is 10. The monoisotopic (exact) mass is 479 g/mol. The number of nitrogens with zero attached hydrogens (tertiary/aromatic N) is 5. The summed E-state index contributed by atoms with van der Waals surface area (Å²) in [4.78, 5) is 36.3. The Morgan fingerprint density at radius 1 is 1.44 bits per heavy atom. The molecule has 172 valence electrons. The zero-order valence-electron chi connectivity index (χ0n) is 18.0. The van der Waals surface area contributed by atoms with Crippen LogP contribution in [0.2, 0.25) is 5.02 Å². The van der Waals surface area contributed by atoms with Gasteiger partial charge in [0.1, 0.15) is 11.4 Å². The SMILES string of the molecule is C=Nc1c(N(COc2cccc(Cl)c2)CC2=NCC(C)S2)c(=O)n(CCCO)c(=O)n1C. The summed E-state index contributed by atoms with van der Waals surface area (Å²) in [6.45, 7) is 6.61. The molecule has 1 aromatic carbocycles. The van der Waals surface area contributed by atoms with Crippen LogP contribution in [0.5, 0.6) is 5.75 Å². The summed E-state index contributed by atoms with van der Waals surface area (Å²) < 4.78 is 8.30. The standard InChI is InChI=1S/C21H26ClN5O4S/c1-14-11-24-17(32-14)12-26(13-31-16-7-4-6-15(22)10-16)18-19(23-2)25(3)21(30)27(20(18)29)8-5-9-28/h4,6-7,10,14,28H,2,5,8-9,11-13H2,1,3H3. The molecule has 0 bridgehead atoms. The van der Waals surface area contributed by atoms with Gasteiger partial charge in [-0.15, -0.1) is 11.8 Å². The lowest BCUT2D eigenvalue weighted by Gasteiger charge is -2.26. The van der Waals surface area contributed by atoms with Crippen molar-refractivity contribution in [1.82, 2.24) is 9.13 Å². The largest absolute Gasteiger partial charge is 0.473 e. The molecule has 0 saturated heterocycles. The van der Waals surface area contributed by atoms with Gasteiger partial charge in [0.25, 0.3) is 5.56 Å². The molecule has 1 N–H and O–H groups in total. The highest BCUT2D eigenvalue weighted by Gasteiger charge is 2.26. The van der Waals surface area contributed by atoms with Crippen LogP contribution >= 0.6 is 23.4 Å². The molecule has 1 aliphatic rings. The number of anilines is 1. The second-order valence-corrected chi connectivity index (χ2v) is 9.25. The van der Waals surface area contributed by atoms with Crippen LogP contribution < -0.4 is 20.9 Å². The van der Waals surface area contributed by atoms with Gasteiger partial charge in [0.15, 0.2) is 12.5 Å². The summed E-state index contributed by atoms with van der Waals surface area (Å²) in [5.41, 5.74) is -0.855. The third-order valence-electron chi connectivity index (χ3n) is 4.87. The maximum Gasteiger partial charge on any atom is 0.332 e. The molecule has 11 heteroatoms. The van der Waals surface area contributed by atoms with Crippen molar-refractivity contribution in [3.8, 4) is 5.75 Å². The fourth-order valence-electron chi connectivity index (χ4n) is 3.31. The molecule has 1 atom stereocenters. The summed E-state index contributed by atoms with van der Waals surface area (Å²) in [6, 6.07) is 6.95. The quantitative estimate of drug-likeness (QED) is 0.414. The number of aliphatic hydroxyl groups excluding tert-OH is 1. The fraction of sp³-hybridized carbons (Fsp3) is 0.429. The summed E-state index contributed by atoms with van der Waals surface area (Å²) >= 11 is 7.69. The molecule has 2 heterocycles. The average molecular weight is 480 g/mol. The molecule has 0 saturated carbocycles. The number of benzene rings is 1. The van der Waals surface area contributed by atoms with E-state index in [0.29, 0.717) is 29.1 Å². The lowest BCUT2D eigenvalue weighted by atomic mass is 10.3. The molecule has 2 aromatic rings. The van der Waals surface area contributed by atoms with Crippen LogP contribution in [0.15, 0.2) is 43.8 Å². The van der Waals surface area contributed by atoms with Gasteiger partial charge in [-0.1, -0.05) is 24.6 Å². The first-order valence-electron chi connectivity index (χ1n) is 10.1. The third kappa shape index (κ3) is 5.43. The van der Waals surface area contributed by atoms with Crippen molar-refractivity contribution < 1.29 is 9.84 Å². The van der Waals surface area contributed by atoms with E-state index in [-0.39, 0.29) is 37.8 Å². The van der Waals surface area contributed by atoms with E-state index >= 15 is 0 Å². The van der Waals surface area contributed by atoms with E-state index in [2.05, 4.69) is 23.6 Å². The number of hydrogen-bond acceptors (Lipinski definition) is 8. The lowest BCUT2D eigenvalue weighted by molar-refractivity contribution is 0.277. The number of hydrogen-bond donors (Lipinski definition) is 1.